The maximum atomic E-state index is 6.17. The molecule has 4 heteroatoms. The summed E-state index contributed by atoms with van der Waals surface area (Å²) in [4.78, 5) is 4.47. The zero-order valence-corrected chi connectivity index (χ0v) is 14.2. The van der Waals surface area contributed by atoms with Gasteiger partial charge in [0.2, 0.25) is 5.88 Å². The summed E-state index contributed by atoms with van der Waals surface area (Å²) in [6, 6.07) is 2.56. The second-order valence-electron chi connectivity index (χ2n) is 6.17. The lowest BCUT2D eigenvalue weighted by Crippen LogP contribution is -2.26. The average Bonchev–Trinajstić information content (AvgIpc) is 2.39. The van der Waals surface area contributed by atoms with Gasteiger partial charge in [-0.2, -0.15) is 0 Å². The predicted molar refractivity (Wildman–Crippen MR) is 86.0 cm³/mol. The molecule has 2 rings (SSSR count). The molecule has 1 fully saturated rings. The number of aromatic nitrogens is 1. The Kier molecular flexibility index (Phi) is 5.85. The number of hydrogen-bond acceptors (Lipinski definition) is 3. The molecule has 1 heterocycles. The summed E-state index contributed by atoms with van der Waals surface area (Å²) in [6.45, 7) is 7.40. The molecule has 0 saturated heterocycles. The third-order valence-electron chi connectivity index (χ3n) is 3.76. The van der Waals surface area contributed by atoms with E-state index in [2.05, 4.69) is 53.1 Å². The molecule has 0 aliphatic heterocycles. The summed E-state index contributed by atoms with van der Waals surface area (Å²) in [5.41, 5.74) is 1.13. The molecule has 1 aromatic rings. The fourth-order valence-corrected chi connectivity index (χ4v) is 3.04. The van der Waals surface area contributed by atoms with Crippen LogP contribution in [0.15, 0.2) is 16.7 Å². The first-order chi connectivity index (χ1) is 9.54. The molecule has 1 aliphatic rings. The van der Waals surface area contributed by atoms with Crippen molar-refractivity contribution in [1.82, 2.24) is 10.3 Å². The molecule has 20 heavy (non-hydrogen) atoms. The van der Waals surface area contributed by atoms with Crippen LogP contribution >= 0.6 is 15.9 Å². The fraction of sp³-hybridized carbons (Fsp3) is 0.688. The van der Waals surface area contributed by atoms with Gasteiger partial charge in [0, 0.05) is 28.8 Å². The normalized spacial score (nSPS) is 23.1. The Morgan fingerprint density at radius 1 is 1.45 bits per heavy atom. The molecule has 0 radical (unpaired) electrons. The number of ether oxygens (including phenoxy) is 1. The van der Waals surface area contributed by atoms with Crippen molar-refractivity contribution in [1.29, 1.82) is 0 Å². The van der Waals surface area contributed by atoms with Crippen LogP contribution in [-0.2, 0) is 6.54 Å². The molecule has 2 unspecified atom stereocenters. The lowest BCUT2D eigenvalue weighted by molar-refractivity contribution is 0.122. The number of nitrogens with zero attached hydrogens (tertiary/aromatic N) is 1. The van der Waals surface area contributed by atoms with Gasteiger partial charge in [-0.05, 0) is 47.2 Å². The highest BCUT2D eigenvalue weighted by Crippen LogP contribution is 2.29. The molecule has 1 aliphatic carbocycles. The summed E-state index contributed by atoms with van der Waals surface area (Å²) < 4.78 is 7.17. The van der Waals surface area contributed by atoms with Crippen molar-refractivity contribution in [2.24, 2.45) is 5.92 Å². The van der Waals surface area contributed by atoms with E-state index < -0.39 is 0 Å². The summed E-state index contributed by atoms with van der Waals surface area (Å²) in [5.74, 6) is 1.56. The van der Waals surface area contributed by atoms with Crippen molar-refractivity contribution in [3.8, 4) is 5.88 Å². The van der Waals surface area contributed by atoms with Crippen molar-refractivity contribution in [3.63, 3.8) is 0 Å². The Balaban J connectivity index is 2.05. The molecule has 0 spiro atoms. The highest BCUT2D eigenvalue weighted by atomic mass is 79.9. The summed E-state index contributed by atoms with van der Waals surface area (Å²) in [6.07, 6.45) is 7.04. The van der Waals surface area contributed by atoms with Crippen molar-refractivity contribution < 1.29 is 4.74 Å². The lowest BCUT2D eigenvalue weighted by Gasteiger charge is -2.27. The van der Waals surface area contributed by atoms with Gasteiger partial charge in [0.15, 0.2) is 0 Å². The minimum absolute atomic E-state index is 0.324. The van der Waals surface area contributed by atoms with Crippen LogP contribution in [0.5, 0.6) is 5.88 Å². The van der Waals surface area contributed by atoms with Gasteiger partial charge in [-0.3, -0.25) is 0 Å². The quantitative estimate of drug-likeness (QED) is 0.867. The molecular weight excluding hydrogens is 316 g/mol. The largest absolute Gasteiger partial charge is 0.474 e. The topological polar surface area (TPSA) is 34.1 Å². The molecule has 1 N–H and O–H groups in total. The maximum Gasteiger partial charge on any atom is 0.218 e. The van der Waals surface area contributed by atoms with E-state index in [0.29, 0.717) is 12.1 Å². The minimum Gasteiger partial charge on any atom is -0.474 e. The second kappa shape index (κ2) is 7.41. The third-order valence-corrected chi connectivity index (χ3v) is 4.19. The first-order valence-electron chi connectivity index (χ1n) is 7.59. The summed E-state index contributed by atoms with van der Waals surface area (Å²) in [5, 5.41) is 3.43. The molecule has 1 aromatic heterocycles. The number of halogens is 1. The van der Waals surface area contributed by atoms with Crippen LogP contribution in [0.25, 0.3) is 0 Å². The van der Waals surface area contributed by atoms with Gasteiger partial charge < -0.3 is 10.1 Å². The standard InChI is InChI=1S/C16H25BrN2O/c1-11(2)18-9-13-8-14(17)10-19-16(13)20-15-6-4-5-12(3)7-15/h8,10-12,15,18H,4-7,9H2,1-3H3. The van der Waals surface area contributed by atoms with Gasteiger partial charge in [-0.15, -0.1) is 0 Å². The van der Waals surface area contributed by atoms with Gasteiger partial charge in [-0.25, -0.2) is 4.98 Å². The lowest BCUT2D eigenvalue weighted by atomic mass is 9.89. The zero-order chi connectivity index (χ0) is 14.5. The van der Waals surface area contributed by atoms with Crippen LogP contribution in [0.3, 0.4) is 0 Å². The first kappa shape index (κ1) is 15.8. The van der Waals surface area contributed by atoms with Gasteiger partial charge in [0.05, 0.1) is 0 Å². The highest BCUT2D eigenvalue weighted by Gasteiger charge is 2.21. The third kappa shape index (κ3) is 4.74. The molecule has 0 amide bonds. The minimum atomic E-state index is 0.324. The zero-order valence-electron chi connectivity index (χ0n) is 12.7. The van der Waals surface area contributed by atoms with E-state index >= 15 is 0 Å². The van der Waals surface area contributed by atoms with Crippen LogP contribution in [0.4, 0.5) is 0 Å². The van der Waals surface area contributed by atoms with E-state index in [1.54, 1.807) is 0 Å². The Hall–Kier alpha value is -0.610. The smallest absolute Gasteiger partial charge is 0.218 e. The average molecular weight is 341 g/mol. The van der Waals surface area contributed by atoms with Gasteiger partial charge >= 0.3 is 0 Å². The summed E-state index contributed by atoms with van der Waals surface area (Å²) in [7, 11) is 0. The number of nitrogens with one attached hydrogen (secondary N) is 1. The predicted octanol–water partition coefficient (Wildman–Crippen LogP) is 4.30. The number of rotatable bonds is 5. The van der Waals surface area contributed by atoms with Crippen molar-refractivity contribution >= 4 is 15.9 Å². The molecule has 112 valence electrons. The van der Waals surface area contributed by atoms with E-state index in [1.807, 2.05) is 6.20 Å². The van der Waals surface area contributed by atoms with E-state index in [4.69, 9.17) is 4.74 Å². The Morgan fingerprint density at radius 2 is 2.25 bits per heavy atom. The second-order valence-corrected chi connectivity index (χ2v) is 7.08. The van der Waals surface area contributed by atoms with E-state index in [0.717, 1.165) is 41.2 Å². The van der Waals surface area contributed by atoms with Crippen LogP contribution in [0.2, 0.25) is 0 Å². The van der Waals surface area contributed by atoms with Crippen molar-refractivity contribution in [2.45, 2.75) is 65.1 Å². The first-order valence-corrected chi connectivity index (χ1v) is 8.38. The number of pyridine rings is 1. The molecular formula is C16H25BrN2O. The van der Waals surface area contributed by atoms with E-state index in [1.165, 1.54) is 12.8 Å². The number of hydrogen-bond donors (Lipinski definition) is 1. The Labute approximate surface area is 130 Å². The van der Waals surface area contributed by atoms with Crippen molar-refractivity contribution in [3.05, 3.63) is 22.3 Å². The van der Waals surface area contributed by atoms with Crippen LogP contribution in [-0.4, -0.2) is 17.1 Å². The van der Waals surface area contributed by atoms with Crippen LogP contribution in [0, 0.1) is 5.92 Å². The molecule has 2 atom stereocenters. The van der Waals surface area contributed by atoms with Gasteiger partial charge in [-0.1, -0.05) is 27.2 Å². The monoisotopic (exact) mass is 340 g/mol. The van der Waals surface area contributed by atoms with E-state index in [9.17, 15) is 0 Å². The molecule has 1 saturated carbocycles. The fourth-order valence-electron chi connectivity index (χ4n) is 2.66. The SMILES string of the molecule is CC1CCCC(Oc2ncc(Br)cc2CNC(C)C)C1. The highest BCUT2D eigenvalue weighted by molar-refractivity contribution is 9.10. The van der Waals surface area contributed by atoms with Crippen molar-refractivity contribution in [2.75, 3.05) is 0 Å². The van der Waals surface area contributed by atoms with Gasteiger partial charge in [0.25, 0.3) is 0 Å². The molecule has 0 aromatic carbocycles. The van der Waals surface area contributed by atoms with Crippen LogP contribution in [0.1, 0.15) is 52.0 Å². The van der Waals surface area contributed by atoms with E-state index in [-0.39, 0.29) is 0 Å². The molecule has 3 nitrogen and oxygen atoms in total. The van der Waals surface area contributed by atoms with Crippen LogP contribution < -0.4 is 10.1 Å². The summed E-state index contributed by atoms with van der Waals surface area (Å²) >= 11 is 3.49. The molecule has 0 bridgehead atoms. The Morgan fingerprint density at radius 3 is 2.95 bits per heavy atom. The maximum absolute atomic E-state index is 6.17. The Bertz CT molecular complexity index is 436. The van der Waals surface area contributed by atoms with Gasteiger partial charge in [0.1, 0.15) is 6.10 Å².